The van der Waals surface area contributed by atoms with Crippen LogP contribution in [0.25, 0.3) is 10.9 Å². The molecule has 1 aliphatic heterocycles. The molecule has 1 saturated heterocycles. The van der Waals surface area contributed by atoms with Crippen LogP contribution in [0.5, 0.6) is 0 Å². The number of aryl methyl sites for hydroxylation is 2. The lowest BCUT2D eigenvalue weighted by Gasteiger charge is -2.35. The van der Waals surface area contributed by atoms with Gasteiger partial charge >= 0.3 is 0 Å². The molecule has 2 N–H and O–H groups in total. The summed E-state index contributed by atoms with van der Waals surface area (Å²) >= 11 is 0. The summed E-state index contributed by atoms with van der Waals surface area (Å²) in [5.41, 5.74) is 10.2. The minimum atomic E-state index is 0.145. The van der Waals surface area contributed by atoms with Gasteiger partial charge in [0.1, 0.15) is 0 Å². The molecule has 1 aliphatic rings. The van der Waals surface area contributed by atoms with Crippen LogP contribution in [0, 0.1) is 19.8 Å². The van der Waals surface area contributed by atoms with Crippen molar-refractivity contribution in [3.8, 4) is 0 Å². The van der Waals surface area contributed by atoms with Gasteiger partial charge in [-0.05, 0) is 56.7 Å². The number of piperidine rings is 1. The first-order valence-electron chi connectivity index (χ1n) is 8.85. The molecule has 1 fully saturated rings. The number of fused-ring (bicyclic) bond motifs is 1. The van der Waals surface area contributed by atoms with E-state index in [1.807, 2.05) is 36.9 Å². The molecule has 3 rings (SSSR count). The Bertz CT molecular complexity index is 754. The lowest BCUT2D eigenvalue weighted by atomic mass is 9.91. The first kappa shape index (κ1) is 16.9. The van der Waals surface area contributed by atoms with Gasteiger partial charge in [0.05, 0.1) is 11.9 Å². The van der Waals surface area contributed by atoms with Gasteiger partial charge < -0.3 is 10.6 Å². The highest BCUT2D eigenvalue weighted by Gasteiger charge is 2.26. The highest BCUT2D eigenvalue weighted by atomic mass is 16.2. The Labute approximate surface area is 144 Å². The summed E-state index contributed by atoms with van der Waals surface area (Å²) in [5, 5.41) is 1.14. The molecule has 2 atom stereocenters. The van der Waals surface area contributed by atoms with Gasteiger partial charge in [0.25, 0.3) is 0 Å². The summed E-state index contributed by atoms with van der Waals surface area (Å²) in [6.07, 6.45) is 2.60. The molecular weight excluding hydrogens is 298 g/mol. The standard InChI is InChI=1S/C20H27N3O/c1-13-17-8-4-5-9-19(17)22-15(3)18(13)11-20(24)23-10-6-7-16(12-23)14(2)21/h4-5,8-9,14,16H,6-7,10-12,21H2,1-3H3. The second-order valence-electron chi connectivity index (χ2n) is 7.10. The molecule has 0 spiro atoms. The summed E-state index contributed by atoms with van der Waals surface area (Å²) in [6, 6.07) is 8.28. The predicted molar refractivity (Wildman–Crippen MR) is 97.9 cm³/mol. The zero-order valence-corrected chi connectivity index (χ0v) is 14.9. The summed E-state index contributed by atoms with van der Waals surface area (Å²) < 4.78 is 0. The monoisotopic (exact) mass is 325 g/mol. The molecule has 0 aliphatic carbocycles. The van der Waals surface area contributed by atoms with Crippen LogP contribution in [-0.2, 0) is 11.2 Å². The zero-order chi connectivity index (χ0) is 17.3. The van der Waals surface area contributed by atoms with Crippen molar-refractivity contribution in [2.75, 3.05) is 13.1 Å². The molecular formula is C20H27N3O. The van der Waals surface area contributed by atoms with Crippen molar-refractivity contribution < 1.29 is 4.79 Å². The van der Waals surface area contributed by atoms with Crippen LogP contribution < -0.4 is 5.73 Å². The third-order valence-electron chi connectivity index (χ3n) is 5.37. The zero-order valence-electron chi connectivity index (χ0n) is 14.9. The third kappa shape index (κ3) is 3.29. The number of carbonyl (C=O) groups is 1. The van der Waals surface area contributed by atoms with Crippen LogP contribution in [0.1, 0.15) is 36.6 Å². The van der Waals surface area contributed by atoms with Gasteiger partial charge in [0.15, 0.2) is 0 Å². The number of amides is 1. The van der Waals surface area contributed by atoms with E-state index in [1.165, 1.54) is 5.56 Å². The maximum atomic E-state index is 12.8. The average molecular weight is 325 g/mol. The van der Waals surface area contributed by atoms with E-state index in [2.05, 4.69) is 18.0 Å². The molecule has 1 aromatic heterocycles. The molecule has 128 valence electrons. The highest BCUT2D eigenvalue weighted by Crippen LogP contribution is 2.25. The number of pyridine rings is 1. The van der Waals surface area contributed by atoms with Crippen molar-refractivity contribution in [2.24, 2.45) is 11.7 Å². The average Bonchev–Trinajstić information content (AvgIpc) is 2.58. The summed E-state index contributed by atoms with van der Waals surface area (Å²) in [6.45, 7) is 7.78. The summed E-state index contributed by atoms with van der Waals surface area (Å²) in [4.78, 5) is 19.5. The SMILES string of the molecule is Cc1nc2ccccc2c(C)c1CC(=O)N1CCCC(C(C)N)C1. The fourth-order valence-electron chi connectivity index (χ4n) is 3.76. The lowest BCUT2D eigenvalue weighted by molar-refractivity contribution is -0.132. The Morgan fingerprint density at radius 2 is 2.12 bits per heavy atom. The van der Waals surface area contributed by atoms with Gasteiger partial charge in [-0.25, -0.2) is 0 Å². The quantitative estimate of drug-likeness (QED) is 0.944. The van der Waals surface area contributed by atoms with E-state index in [-0.39, 0.29) is 11.9 Å². The Balaban J connectivity index is 1.83. The third-order valence-corrected chi connectivity index (χ3v) is 5.37. The minimum Gasteiger partial charge on any atom is -0.342 e. The number of benzene rings is 1. The molecule has 1 aromatic carbocycles. The molecule has 0 radical (unpaired) electrons. The summed E-state index contributed by atoms with van der Waals surface area (Å²) in [5.74, 6) is 0.614. The molecule has 24 heavy (non-hydrogen) atoms. The van der Waals surface area contributed by atoms with Crippen LogP contribution >= 0.6 is 0 Å². The fourth-order valence-corrected chi connectivity index (χ4v) is 3.76. The Kier molecular flexibility index (Phi) is 4.86. The molecule has 2 unspecified atom stereocenters. The maximum absolute atomic E-state index is 12.8. The molecule has 4 nitrogen and oxygen atoms in total. The molecule has 0 saturated carbocycles. The number of nitrogens with two attached hydrogens (primary N) is 1. The number of aromatic nitrogens is 1. The largest absolute Gasteiger partial charge is 0.342 e. The number of rotatable bonds is 3. The first-order valence-corrected chi connectivity index (χ1v) is 8.85. The van der Waals surface area contributed by atoms with Crippen LogP contribution in [-0.4, -0.2) is 34.9 Å². The van der Waals surface area contributed by atoms with Crippen molar-refractivity contribution in [1.82, 2.24) is 9.88 Å². The summed E-state index contributed by atoms with van der Waals surface area (Å²) in [7, 11) is 0. The topological polar surface area (TPSA) is 59.2 Å². The van der Waals surface area contributed by atoms with E-state index in [1.54, 1.807) is 0 Å². The van der Waals surface area contributed by atoms with Crippen molar-refractivity contribution in [3.05, 3.63) is 41.1 Å². The number of para-hydroxylation sites is 1. The normalized spacial score (nSPS) is 19.5. The Hall–Kier alpha value is -1.94. The van der Waals surface area contributed by atoms with Gasteiger partial charge in [-0.2, -0.15) is 0 Å². The predicted octanol–water partition coefficient (Wildman–Crippen LogP) is 2.98. The van der Waals surface area contributed by atoms with Gasteiger partial charge in [0.2, 0.25) is 5.91 Å². The van der Waals surface area contributed by atoms with Crippen molar-refractivity contribution in [2.45, 2.75) is 46.1 Å². The number of nitrogens with zero attached hydrogens (tertiary/aromatic N) is 2. The number of carbonyl (C=O) groups excluding carboxylic acids is 1. The van der Waals surface area contributed by atoms with Crippen LogP contribution in [0.2, 0.25) is 0 Å². The fraction of sp³-hybridized carbons (Fsp3) is 0.500. The van der Waals surface area contributed by atoms with E-state index < -0.39 is 0 Å². The van der Waals surface area contributed by atoms with Crippen molar-refractivity contribution in [3.63, 3.8) is 0 Å². The Morgan fingerprint density at radius 1 is 1.38 bits per heavy atom. The second-order valence-corrected chi connectivity index (χ2v) is 7.10. The minimum absolute atomic E-state index is 0.145. The molecule has 1 amide bonds. The van der Waals surface area contributed by atoms with Crippen LogP contribution in [0.3, 0.4) is 0 Å². The number of hydrogen-bond acceptors (Lipinski definition) is 3. The van der Waals surface area contributed by atoms with Gasteiger partial charge in [-0.3, -0.25) is 9.78 Å². The molecule has 4 heteroatoms. The van der Waals surface area contributed by atoms with Crippen LogP contribution in [0.4, 0.5) is 0 Å². The molecule has 2 heterocycles. The second kappa shape index (κ2) is 6.89. The lowest BCUT2D eigenvalue weighted by Crippen LogP contribution is -2.45. The molecule has 0 bridgehead atoms. The van der Waals surface area contributed by atoms with Gasteiger partial charge in [0, 0.05) is 30.2 Å². The maximum Gasteiger partial charge on any atom is 0.227 e. The van der Waals surface area contributed by atoms with E-state index >= 15 is 0 Å². The van der Waals surface area contributed by atoms with Gasteiger partial charge in [-0.15, -0.1) is 0 Å². The molecule has 2 aromatic rings. The van der Waals surface area contributed by atoms with Crippen LogP contribution in [0.15, 0.2) is 24.3 Å². The van der Waals surface area contributed by atoms with E-state index in [0.29, 0.717) is 12.3 Å². The Morgan fingerprint density at radius 3 is 2.88 bits per heavy atom. The van der Waals surface area contributed by atoms with Crippen molar-refractivity contribution >= 4 is 16.8 Å². The first-order chi connectivity index (χ1) is 11.5. The number of likely N-dealkylation sites (tertiary alicyclic amines) is 1. The van der Waals surface area contributed by atoms with E-state index in [4.69, 9.17) is 5.73 Å². The smallest absolute Gasteiger partial charge is 0.227 e. The van der Waals surface area contributed by atoms with Crippen molar-refractivity contribution in [1.29, 1.82) is 0 Å². The van der Waals surface area contributed by atoms with Gasteiger partial charge in [-0.1, -0.05) is 18.2 Å². The highest BCUT2D eigenvalue weighted by molar-refractivity contribution is 5.86. The van der Waals surface area contributed by atoms with E-state index in [0.717, 1.165) is 48.1 Å². The number of hydrogen-bond donors (Lipinski definition) is 1. The van der Waals surface area contributed by atoms with E-state index in [9.17, 15) is 4.79 Å².